The molecule has 1 aromatic carbocycles. The Morgan fingerprint density at radius 3 is 2.58 bits per heavy atom. The van der Waals surface area contributed by atoms with Gasteiger partial charge in [0.05, 0.1) is 11.1 Å². The van der Waals surface area contributed by atoms with Crippen molar-refractivity contribution in [1.29, 1.82) is 0 Å². The van der Waals surface area contributed by atoms with Crippen LogP contribution in [-0.4, -0.2) is 42.6 Å². The smallest absolute Gasteiger partial charge is 0.311 e. The third kappa shape index (κ3) is 4.80. The first-order valence-electron chi connectivity index (χ1n) is 12.2. The van der Waals surface area contributed by atoms with Gasteiger partial charge in [-0.05, 0) is 74.8 Å². The fourth-order valence-corrected chi connectivity index (χ4v) is 5.80. The summed E-state index contributed by atoms with van der Waals surface area (Å²) in [7, 11) is -4.01. The molecule has 0 bridgehead atoms. The summed E-state index contributed by atoms with van der Waals surface area (Å²) in [5.41, 5.74) is 3.12. The lowest BCUT2D eigenvalue weighted by Crippen LogP contribution is -2.46. The minimum Gasteiger partial charge on any atom is -0.481 e. The predicted octanol–water partition coefficient (Wildman–Crippen LogP) is 4.82. The standard InChI is InChI=1S/C27H30N4O4S/c1-18-7-3-4-8-20(18)25-21(19-11-12-19)13-14-22(28-25)30-36(34,35)24-10-5-9-23(29-24)31-16-6-15-27(2,17-31)26(32)33/h3-5,7-10,13-14,19H,6,11-12,15-17H2,1-2H3,(H,28,30)(H,32,33)/t27-/m1/s1. The number of aliphatic carboxylic acids is 1. The fraction of sp³-hybridized carbons (Fsp3) is 0.370. The SMILES string of the molecule is Cc1ccccc1-c1nc(NS(=O)(=O)c2cccc(N3CCC[C@@](C)(C(=O)O)C3)n2)ccc1C1CC1. The Bertz CT molecular complexity index is 1420. The van der Waals surface area contributed by atoms with Crippen molar-refractivity contribution in [3.8, 4) is 11.3 Å². The molecule has 5 rings (SSSR count). The fourth-order valence-electron chi connectivity index (χ4n) is 4.83. The van der Waals surface area contributed by atoms with Crippen molar-refractivity contribution < 1.29 is 18.3 Å². The zero-order valence-corrected chi connectivity index (χ0v) is 21.3. The van der Waals surface area contributed by atoms with Crippen molar-refractivity contribution in [1.82, 2.24) is 9.97 Å². The molecule has 2 fully saturated rings. The zero-order valence-electron chi connectivity index (χ0n) is 20.4. The van der Waals surface area contributed by atoms with Crippen LogP contribution in [0.4, 0.5) is 11.6 Å². The van der Waals surface area contributed by atoms with E-state index in [0.29, 0.717) is 31.1 Å². The van der Waals surface area contributed by atoms with Crippen LogP contribution in [0.25, 0.3) is 11.3 Å². The number of piperidine rings is 1. The second-order valence-electron chi connectivity index (χ2n) is 10.1. The Balaban J connectivity index is 1.43. The number of hydrogen-bond acceptors (Lipinski definition) is 6. The molecule has 2 aromatic heterocycles. The van der Waals surface area contributed by atoms with E-state index in [1.807, 2.05) is 42.2 Å². The molecule has 0 amide bonds. The van der Waals surface area contributed by atoms with Crippen molar-refractivity contribution in [2.75, 3.05) is 22.7 Å². The number of carboxylic acid groups (broad SMARTS) is 1. The van der Waals surface area contributed by atoms with E-state index in [9.17, 15) is 18.3 Å². The Morgan fingerprint density at radius 1 is 1.08 bits per heavy atom. The third-order valence-corrected chi connectivity index (χ3v) is 8.36. The van der Waals surface area contributed by atoms with E-state index in [1.165, 1.54) is 6.07 Å². The Hall–Kier alpha value is -3.46. The van der Waals surface area contributed by atoms with Gasteiger partial charge < -0.3 is 10.0 Å². The van der Waals surface area contributed by atoms with Crippen molar-refractivity contribution in [2.24, 2.45) is 5.41 Å². The molecule has 0 spiro atoms. The highest BCUT2D eigenvalue weighted by Crippen LogP contribution is 2.44. The van der Waals surface area contributed by atoms with Gasteiger partial charge >= 0.3 is 5.97 Å². The van der Waals surface area contributed by atoms with E-state index >= 15 is 0 Å². The number of sulfonamides is 1. The monoisotopic (exact) mass is 506 g/mol. The van der Waals surface area contributed by atoms with Gasteiger partial charge in [0.2, 0.25) is 0 Å². The summed E-state index contributed by atoms with van der Waals surface area (Å²) >= 11 is 0. The summed E-state index contributed by atoms with van der Waals surface area (Å²) in [6.07, 6.45) is 3.49. The average molecular weight is 507 g/mol. The number of hydrogen-bond donors (Lipinski definition) is 2. The number of anilines is 2. The number of benzene rings is 1. The van der Waals surface area contributed by atoms with Crippen LogP contribution < -0.4 is 9.62 Å². The Morgan fingerprint density at radius 2 is 1.86 bits per heavy atom. The summed E-state index contributed by atoms with van der Waals surface area (Å²) in [5, 5.41) is 9.50. The highest BCUT2D eigenvalue weighted by Gasteiger charge is 2.38. The first kappa shape index (κ1) is 24.2. The lowest BCUT2D eigenvalue weighted by molar-refractivity contribution is -0.148. The molecule has 1 aliphatic carbocycles. The molecule has 2 aliphatic rings. The second-order valence-corrected chi connectivity index (χ2v) is 11.7. The molecular formula is C27H30N4O4S. The van der Waals surface area contributed by atoms with Crippen LogP contribution in [0.15, 0.2) is 59.6 Å². The number of aromatic nitrogens is 2. The minimum atomic E-state index is -4.01. The maximum Gasteiger partial charge on any atom is 0.311 e. The number of carboxylic acids is 1. The summed E-state index contributed by atoms with van der Waals surface area (Å²) in [5.74, 6) is 0.281. The Labute approximate surface area is 211 Å². The van der Waals surface area contributed by atoms with Crippen LogP contribution in [0.5, 0.6) is 0 Å². The average Bonchev–Trinajstić information content (AvgIpc) is 3.70. The molecule has 1 saturated heterocycles. The number of nitrogens with zero attached hydrogens (tertiary/aromatic N) is 3. The van der Waals surface area contributed by atoms with Gasteiger partial charge in [-0.2, -0.15) is 8.42 Å². The van der Waals surface area contributed by atoms with E-state index in [1.54, 1.807) is 25.1 Å². The molecule has 1 saturated carbocycles. The van der Waals surface area contributed by atoms with Crippen LogP contribution in [0, 0.1) is 12.3 Å². The van der Waals surface area contributed by atoms with E-state index in [0.717, 1.165) is 35.2 Å². The van der Waals surface area contributed by atoms with Crippen molar-refractivity contribution in [3.05, 3.63) is 65.7 Å². The van der Waals surface area contributed by atoms with E-state index in [2.05, 4.69) is 9.71 Å². The molecule has 8 nitrogen and oxygen atoms in total. The molecule has 36 heavy (non-hydrogen) atoms. The van der Waals surface area contributed by atoms with Gasteiger partial charge in [-0.25, -0.2) is 9.97 Å². The lowest BCUT2D eigenvalue weighted by Gasteiger charge is -2.38. The Kier molecular flexibility index (Phi) is 6.20. The number of rotatable bonds is 7. The van der Waals surface area contributed by atoms with Gasteiger partial charge in [-0.3, -0.25) is 9.52 Å². The molecule has 3 heterocycles. The second kappa shape index (κ2) is 9.20. The molecular weight excluding hydrogens is 476 g/mol. The van der Waals surface area contributed by atoms with Crippen molar-refractivity contribution in [2.45, 2.75) is 50.5 Å². The zero-order chi connectivity index (χ0) is 25.5. The molecule has 1 atom stereocenters. The molecule has 9 heteroatoms. The normalized spacial score (nSPS) is 20.2. The van der Waals surface area contributed by atoms with Crippen LogP contribution in [-0.2, 0) is 14.8 Å². The molecule has 0 radical (unpaired) electrons. The molecule has 3 aromatic rings. The lowest BCUT2D eigenvalue weighted by atomic mass is 9.82. The quantitative estimate of drug-likeness (QED) is 0.472. The topological polar surface area (TPSA) is 112 Å². The highest BCUT2D eigenvalue weighted by molar-refractivity contribution is 7.92. The molecule has 1 aliphatic heterocycles. The van der Waals surface area contributed by atoms with Crippen molar-refractivity contribution in [3.63, 3.8) is 0 Å². The molecule has 2 N–H and O–H groups in total. The van der Waals surface area contributed by atoms with E-state index in [-0.39, 0.29) is 17.4 Å². The van der Waals surface area contributed by atoms with Crippen LogP contribution >= 0.6 is 0 Å². The summed E-state index contributed by atoms with van der Waals surface area (Å²) in [6.45, 7) is 4.63. The van der Waals surface area contributed by atoms with Crippen LogP contribution in [0.2, 0.25) is 0 Å². The van der Waals surface area contributed by atoms with Crippen LogP contribution in [0.3, 0.4) is 0 Å². The number of carbonyl (C=O) groups is 1. The van der Waals surface area contributed by atoms with Gasteiger partial charge in [0.25, 0.3) is 10.0 Å². The minimum absolute atomic E-state index is 0.131. The number of pyridine rings is 2. The van der Waals surface area contributed by atoms with Gasteiger partial charge in [-0.1, -0.05) is 36.4 Å². The van der Waals surface area contributed by atoms with Gasteiger partial charge in [-0.15, -0.1) is 0 Å². The predicted molar refractivity (Wildman–Crippen MR) is 139 cm³/mol. The summed E-state index contributed by atoms with van der Waals surface area (Å²) < 4.78 is 29.2. The van der Waals surface area contributed by atoms with E-state index < -0.39 is 21.4 Å². The van der Waals surface area contributed by atoms with Gasteiger partial charge in [0.1, 0.15) is 11.6 Å². The van der Waals surface area contributed by atoms with Gasteiger partial charge in [0, 0.05) is 18.7 Å². The maximum atomic E-state index is 13.3. The molecule has 188 valence electrons. The first-order valence-corrected chi connectivity index (χ1v) is 13.7. The van der Waals surface area contributed by atoms with Gasteiger partial charge in [0.15, 0.2) is 5.03 Å². The van der Waals surface area contributed by atoms with Crippen LogP contribution in [0.1, 0.15) is 49.7 Å². The van der Waals surface area contributed by atoms with Crippen molar-refractivity contribution >= 4 is 27.6 Å². The third-order valence-electron chi connectivity index (χ3n) is 7.10. The maximum absolute atomic E-state index is 13.3. The molecule has 0 unspecified atom stereocenters. The summed E-state index contributed by atoms with van der Waals surface area (Å²) in [6, 6.07) is 16.4. The summed E-state index contributed by atoms with van der Waals surface area (Å²) in [4.78, 5) is 22.7. The van der Waals surface area contributed by atoms with E-state index in [4.69, 9.17) is 4.98 Å². The first-order chi connectivity index (χ1) is 17.2. The number of aryl methyl sites for hydroxylation is 1. The number of nitrogens with one attached hydrogen (secondary N) is 1. The largest absolute Gasteiger partial charge is 0.481 e. The highest BCUT2D eigenvalue weighted by atomic mass is 32.2.